The summed E-state index contributed by atoms with van der Waals surface area (Å²) in [5.41, 5.74) is 9.33. The summed E-state index contributed by atoms with van der Waals surface area (Å²) in [6.07, 6.45) is 1.13. The summed E-state index contributed by atoms with van der Waals surface area (Å²) in [4.78, 5) is 31.3. The number of amidine groups is 1. The Morgan fingerprint density at radius 3 is 2.94 bits per heavy atom. The van der Waals surface area contributed by atoms with Crippen LogP contribution in [-0.4, -0.2) is 40.9 Å². The molecular weight excluding hydrogens is 445 g/mol. The van der Waals surface area contributed by atoms with E-state index in [1.807, 2.05) is 6.07 Å². The molecule has 0 spiro atoms. The van der Waals surface area contributed by atoms with Crippen LogP contribution < -0.4 is 21.5 Å². The van der Waals surface area contributed by atoms with Crippen LogP contribution in [0.4, 0.5) is 20.8 Å². The minimum Gasteiger partial charge on any atom is -0.396 e. The second-order valence-corrected chi connectivity index (χ2v) is 8.41. The number of benzene rings is 2. The monoisotopic (exact) mass is 469 g/mol. The molecule has 0 fully saturated rings. The number of H-pyrrole nitrogens is 1. The maximum absolute atomic E-state index is 13.2. The molecule has 0 saturated carbocycles. The number of hydrogen-bond donors (Lipinski definition) is 4. The van der Waals surface area contributed by atoms with E-state index in [2.05, 4.69) is 14.7 Å². The Balaban J connectivity index is 1.55. The number of rotatable bonds is 8. The number of aliphatic hydroxyl groups excluding tert-OH is 1. The first-order valence-corrected chi connectivity index (χ1v) is 11.3. The van der Waals surface area contributed by atoms with E-state index in [1.54, 1.807) is 41.3 Å². The van der Waals surface area contributed by atoms with Crippen molar-refractivity contribution in [3.8, 4) is 0 Å². The quantitative estimate of drug-likeness (QED) is 0.229. The Morgan fingerprint density at radius 1 is 1.30 bits per heavy atom. The van der Waals surface area contributed by atoms with Gasteiger partial charge in [-0.25, -0.2) is 4.39 Å². The summed E-state index contributed by atoms with van der Waals surface area (Å²) < 4.78 is 15.6. The van der Waals surface area contributed by atoms with Crippen LogP contribution in [0.3, 0.4) is 0 Å². The largest absolute Gasteiger partial charge is 0.396 e. The molecule has 0 saturated heterocycles. The molecule has 10 heteroatoms. The predicted octanol–water partition coefficient (Wildman–Crippen LogP) is 2.94. The van der Waals surface area contributed by atoms with Crippen LogP contribution in [0.1, 0.15) is 33.5 Å². The minimum atomic E-state index is -0.529. The number of amides is 1. The number of fused-ring (bicyclic) bond motifs is 1. The van der Waals surface area contributed by atoms with Gasteiger partial charge in [-0.3, -0.25) is 19.0 Å². The fourth-order valence-corrected chi connectivity index (χ4v) is 4.50. The van der Waals surface area contributed by atoms with Gasteiger partial charge in [0.25, 0.3) is 11.5 Å². The lowest BCUT2D eigenvalue weighted by Gasteiger charge is -2.18. The van der Waals surface area contributed by atoms with Gasteiger partial charge in [0.2, 0.25) is 0 Å². The van der Waals surface area contributed by atoms with Crippen molar-refractivity contribution in [2.45, 2.75) is 19.5 Å². The Bertz CT molecular complexity index is 1250. The highest BCUT2D eigenvalue weighted by atomic mass is 32.1. The van der Waals surface area contributed by atoms with Gasteiger partial charge in [-0.15, -0.1) is 0 Å². The number of nitrogens with one attached hydrogen (secondary N) is 2. The van der Waals surface area contributed by atoms with Crippen LogP contribution in [-0.2, 0) is 13.1 Å². The first-order chi connectivity index (χ1) is 16.0. The summed E-state index contributed by atoms with van der Waals surface area (Å²) in [7, 11) is 0. The number of hydrogen-bond acceptors (Lipinski definition) is 6. The van der Waals surface area contributed by atoms with Crippen molar-refractivity contribution >= 4 is 39.7 Å². The zero-order valence-electron chi connectivity index (χ0n) is 17.8. The molecule has 1 amide bonds. The van der Waals surface area contributed by atoms with Crippen LogP contribution in [0.5, 0.6) is 0 Å². The van der Waals surface area contributed by atoms with Crippen molar-refractivity contribution in [2.24, 2.45) is 10.7 Å². The zero-order chi connectivity index (χ0) is 23.4. The van der Waals surface area contributed by atoms with Crippen molar-refractivity contribution in [3.63, 3.8) is 0 Å². The lowest BCUT2D eigenvalue weighted by molar-refractivity contribution is 0.0989. The van der Waals surface area contributed by atoms with Crippen LogP contribution in [0.25, 0.3) is 0 Å². The molecule has 0 unspecified atom stereocenters. The minimum absolute atomic E-state index is 0.0127. The normalized spacial score (nSPS) is 13.3. The van der Waals surface area contributed by atoms with Gasteiger partial charge in [-0.1, -0.05) is 18.2 Å². The molecule has 0 radical (unpaired) electrons. The van der Waals surface area contributed by atoms with Crippen molar-refractivity contribution in [1.82, 2.24) is 4.37 Å². The third-order valence-electron chi connectivity index (χ3n) is 5.36. The van der Waals surface area contributed by atoms with E-state index in [0.717, 1.165) is 22.8 Å². The molecule has 1 aromatic heterocycles. The zero-order valence-corrected chi connectivity index (χ0v) is 18.6. The highest BCUT2D eigenvalue weighted by Gasteiger charge is 2.26. The highest BCUT2D eigenvalue weighted by molar-refractivity contribution is 7.10. The number of anilines is 3. The standard InChI is InChI=1S/C23H24FN5O3S/c24-13-14-5-6-18-15(11-14)7-9-29(18)23(32)16-3-1-4-17(12-16)27-22-19(21(31)28-33-22)20(25)26-8-2-10-30/h1,3-6,11-12,27,30H,2,7-10,13H2,(H2,25,26)(H,28,31). The molecule has 172 valence electrons. The van der Waals surface area contributed by atoms with Gasteiger partial charge in [0, 0.05) is 36.6 Å². The predicted molar refractivity (Wildman–Crippen MR) is 129 cm³/mol. The third kappa shape index (κ3) is 4.81. The highest BCUT2D eigenvalue weighted by Crippen LogP contribution is 2.31. The smallest absolute Gasteiger partial charge is 0.271 e. The van der Waals surface area contributed by atoms with E-state index in [-0.39, 0.29) is 29.5 Å². The molecule has 0 aliphatic carbocycles. The molecule has 0 atom stereocenters. The van der Waals surface area contributed by atoms with Crippen molar-refractivity contribution < 1.29 is 14.3 Å². The van der Waals surface area contributed by atoms with Crippen LogP contribution >= 0.6 is 11.5 Å². The van der Waals surface area contributed by atoms with Gasteiger partial charge in [0.15, 0.2) is 0 Å². The third-order valence-corrected chi connectivity index (χ3v) is 6.16. The van der Waals surface area contributed by atoms with E-state index in [9.17, 15) is 14.0 Å². The first-order valence-electron chi connectivity index (χ1n) is 10.5. The molecular formula is C23H24FN5O3S. The van der Waals surface area contributed by atoms with Crippen molar-refractivity contribution in [1.29, 1.82) is 0 Å². The number of aliphatic hydroxyl groups is 1. The van der Waals surface area contributed by atoms with E-state index in [1.165, 1.54) is 0 Å². The van der Waals surface area contributed by atoms with E-state index >= 15 is 0 Å². The number of aromatic amines is 1. The van der Waals surface area contributed by atoms with Crippen LogP contribution in [0.2, 0.25) is 0 Å². The van der Waals surface area contributed by atoms with Crippen molar-refractivity contribution in [2.75, 3.05) is 29.9 Å². The van der Waals surface area contributed by atoms with Gasteiger partial charge in [-0.2, -0.15) is 0 Å². The Labute approximate surface area is 193 Å². The number of carbonyl (C=O) groups excluding carboxylic acids is 1. The van der Waals surface area contributed by atoms with Crippen molar-refractivity contribution in [3.05, 3.63) is 75.1 Å². The second-order valence-electron chi connectivity index (χ2n) is 7.59. The number of aromatic nitrogens is 1. The van der Waals surface area contributed by atoms with Crippen LogP contribution in [0, 0.1) is 0 Å². The van der Waals surface area contributed by atoms with Gasteiger partial charge < -0.3 is 21.1 Å². The van der Waals surface area contributed by atoms with E-state index < -0.39 is 6.67 Å². The number of nitrogens with zero attached hydrogens (tertiary/aromatic N) is 2. The maximum atomic E-state index is 13.2. The number of halogens is 1. The number of aliphatic imine (C=N–C) groups is 1. The molecule has 8 nitrogen and oxygen atoms in total. The van der Waals surface area contributed by atoms with Crippen LogP contribution in [0.15, 0.2) is 52.3 Å². The average molecular weight is 470 g/mol. The number of alkyl halides is 1. The molecule has 33 heavy (non-hydrogen) atoms. The fraction of sp³-hybridized carbons (Fsp3) is 0.261. The summed E-state index contributed by atoms with van der Waals surface area (Å²) >= 11 is 1.09. The fourth-order valence-electron chi connectivity index (χ4n) is 3.74. The molecule has 2 aromatic carbocycles. The molecule has 1 aliphatic heterocycles. The SMILES string of the molecule is NC(=NCCCO)c1c(Nc2cccc(C(=O)N3CCc4cc(CF)ccc43)c2)s[nH]c1=O. The Hall–Kier alpha value is -3.50. The first kappa shape index (κ1) is 22.7. The Kier molecular flexibility index (Phi) is 6.85. The topological polar surface area (TPSA) is 124 Å². The molecule has 5 N–H and O–H groups in total. The maximum Gasteiger partial charge on any atom is 0.271 e. The van der Waals surface area contributed by atoms with E-state index in [4.69, 9.17) is 10.8 Å². The Morgan fingerprint density at radius 2 is 2.15 bits per heavy atom. The van der Waals surface area contributed by atoms with Gasteiger partial charge in [0.05, 0.1) is 0 Å². The van der Waals surface area contributed by atoms with Gasteiger partial charge in [0.1, 0.15) is 23.1 Å². The molecule has 2 heterocycles. The van der Waals surface area contributed by atoms with Gasteiger partial charge in [-0.05, 0) is 59.8 Å². The summed E-state index contributed by atoms with van der Waals surface area (Å²) in [6, 6.07) is 12.3. The molecule has 1 aliphatic rings. The lowest BCUT2D eigenvalue weighted by Crippen LogP contribution is -2.28. The molecule has 4 rings (SSSR count). The lowest BCUT2D eigenvalue weighted by atomic mass is 10.1. The number of nitrogens with two attached hydrogens (primary N) is 1. The second kappa shape index (κ2) is 9.97. The summed E-state index contributed by atoms with van der Waals surface area (Å²) in [5.74, 6) is -0.0695. The van der Waals surface area contributed by atoms with E-state index in [0.29, 0.717) is 47.7 Å². The van der Waals surface area contributed by atoms with Gasteiger partial charge >= 0.3 is 0 Å². The summed E-state index contributed by atoms with van der Waals surface area (Å²) in [5, 5.41) is 12.5. The summed E-state index contributed by atoms with van der Waals surface area (Å²) in [6.45, 7) is 0.303. The molecule has 3 aromatic rings. The number of carbonyl (C=O) groups is 1. The average Bonchev–Trinajstić information content (AvgIpc) is 3.41. The molecule has 0 bridgehead atoms.